The Morgan fingerprint density at radius 2 is 0.879 bits per heavy atom. The molecule has 0 aliphatic rings. The van der Waals surface area contributed by atoms with E-state index in [9.17, 15) is 0 Å². The van der Waals surface area contributed by atoms with Gasteiger partial charge in [0.15, 0.2) is 0 Å². The minimum atomic E-state index is 1.11. The highest BCUT2D eigenvalue weighted by molar-refractivity contribution is 7.26. The van der Waals surface area contributed by atoms with Crippen LogP contribution in [0.15, 0.2) is 194 Å². The molecule has 2 nitrogen and oxygen atoms in total. The minimum Gasteiger partial charge on any atom is -0.308 e. The van der Waals surface area contributed by atoms with Crippen LogP contribution in [-0.2, 0) is 0 Å². The summed E-state index contributed by atoms with van der Waals surface area (Å²) in [6.45, 7) is 0. The molecule has 58 heavy (non-hydrogen) atoms. The van der Waals surface area contributed by atoms with E-state index in [4.69, 9.17) is 0 Å². The number of benzene rings is 9. The van der Waals surface area contributed by atoms with Gasteiger partial charge in [0.2, 0.25) is 0 Å². The van der Waals surface area contributed by atoms with E-state index >= 15 is 0 Å². The second-order valence-electron chi connectivity index (χ2n) is 15.2. The van der Waals surface area contributed by atoms with E-state index in [1.807, 2.05) is 22.7 Å². The molecule has 4 heteroatoms. The zero-order chi connectivity index (χ0) is 37.9. The van der Waals surface area contributed by atoms with Crippen molar-refractivity contribution in [2.45, 2.75) is 0 Å². The predicted octanol–water partition coefficient (Wildman–Crippen LogP) is 16.4. The number of para-hydroxylation sites is 3. The van der Waals surface area contributed by atoms with Crippen LogP contribution in [0.5, 0.6) is 0 Å². The summed E-state index contributed by atoms with van der Waals surface area (Å²) in [6, 6.07) is 71.9. The maximum absolute atomic E-state index is 2.50. The first-order chi connectivity index (χ1) is 28.8. The van der Waals surface area contributed by atoms with E-state index < -0.39 is 0 Å². The number of aromatic nitrogens is 1. The smallest absolute Gasteiger partial charge is 0.0782 e. The second kappa shape index (κ2) is 12.3. The number of anilines is 3. The van der Waals surface area contributed by atoms with Crippen molar-refractivity contribution in [1.29, 1.82) is 0 Å². The molecule has 0 radical (unpaired) electrons. The largest absolute Gasteiger partial charge is 0.308 e. The first-order valence-corrected chi connectivity index (χ1v) is 21.4. The molecule has 270 valence electrons. The van der Waals surface area contributed by atoms with Gasteiger partial charge in [-0.2, -0.15) is 0 Å². The average Bonchev–Trinajstić information content (AvgIpc) is 4.04. The van der Waals surface area contributed by atoms with Crippen molar-refractivity contribution in [1.82, 2.24) is 4.40 Å². The van der Waals surface area contributed by atoms with Crippen LogP contribution in [0.2, 0.25) is 0 Å². The number of fused-ring (bicyclic) bond motifs is 12. The molecule has 4 aromatic heterocycles. The summed E-state index contributed by atoms with van der Waals surface area (Å²) < 4.78 is 7.80. The van der Waals surface area contributed by atoms with Crippen LogP contribution in [0.25, 0.3) is 101 Å². The van der Waals surface area contributed by atoms with Gasteiger partial charge in [-0.05, 0) is 89.0 Å². The average molecular weight is 773 g/mol. The molecule has 13 rings (SSSR count). The monoisotopic (exact) mass is 772 g/mol. The van der Waals surface area contributed by atoms with Crippen LogP contribution < -0.4 is 4.90 Å². The molecular formula is C54H32N2S2. The third-order valence-corrected chi connectivity index (χ3v) is 14.4. The second-order valence-corrected chi connectivity index (χ2v) is 17.4. The van der Waals surface area contributed by atoms with Crippen LogP contribution in [0.1, 0.15) is 0 Å². The van der Waals surface area contributed by atoms with Crippen molar-refractivity contribution >= 4 is 118 Å². The van der Waals surface area contributed by atoms with Gasteiger partial charge in [-0.25, -0.2) is 0 Å². The SMILES string of the molecule is c1ccc2c(c1)sc1ccc(-c3ccc(N(c4ccc(-c5cccc6sc7ccccc7c56)cc4)c4cccc5c6cccc7c8ccccc8n(c45)c76)cc3)cc12. The van der Waals surface area contributed by atoms with E-state index in [0.717, 1.165) is 17.1 Å². The standard InChI is InChI=1S/C54H32N2S2/c1-4-17-46-39(10-1)41-14-7-15-42-43-16-8-18-47(54(43)56(46)53(41)42)55(36-27-22-33(23-28-36)35-26-31-50-45(32-35)40-11-2-5-19-48(40)57-50)37-29-24-34(25-30-37)38-13-9-21-51-52(38)44-12-3-6-20-49(44)58-51/h1-32H. The molecule has 0 spiro atoms. The maximum atomic E-state index is 2.50. The van der Waals surface area contributed by atoms with Crippen molar-refractivity contribution in [3.05, 3.63) is 194 Å². The lowest BCUT2D eigenvalue weighted by Crippen LogP contribution is -2.11. The minimum absolute atomic E-state index is 1.11. The molecule has 0 unspecified atom stereocenters. The summed E-state index contributed by atoms with van der Waals surface area (Å²) in [6.07, 6.45) is 0. The Balaban J connectivity index is 1.01. The van der Waals surface area contributed by atoms with Crippen molar-refractivity contribution in [2.75, 3.05) is 4.90 Å². The lowest BCUT2D eigenvalue weighted by Gasteiger charge is -2.27. The molecule has 0 bridgehead atoms. The molecular weight excluding hydrogens is 741 g/mol. The predicted molar refractivity (Wildman–Crippen MR) is 252 cm³/mol. The van der Waals surface area contributed by atoms with E-state index in [1.165, 1.54) is 101 Å². The van der Waals surface area contributed by atoms with Crippen LogP contribution in [0.4, 0.5) is 17.1 Å². The normalized spacial score (nSPS) is 12.1. The third-order valence-electron chi connectivity index (χ3n) is 12.1. The van der Waals surface area contributed by atoms with Gasteiger partial charge in [-0.1, -0.05) is 127 Å². The fraction of sp³-hybridized carbons (Fsp3) is 0. The van der Waals surface area contributed by atoms with Gasteiger partial charge in [0, 0.05) is 73.3 Å². The summed E-state index contributed by atoms with van der Waals surface area (Å²) in [7, 11) is 0. The van der Waals surface area contributed by atoms with E-state index in [0.29, 0.717) is 0 Å². The zero-order valence-corrected chi connectivity index (χ0v) is 32.8. The lowest BCUT2D eigenvalue weighted by molar-refractivity contribution is 1.27. The van der Waals surface area contributed by atoms with Crippen LogP contribution in [0.3, 0.4) is 0 Å². The first-order valence-electron chi connectivity index (χ1n) is 19.8. The molecule has 0 fully saturated rings. The van der Waals surface area contributed by atoms with Gasteiger partial charge in [-0.15, -0.1) is 22.7 Å². The molecule has 0 amide bonds. The summed E-state index contributed by atoms with van der Waals surface area (Å²) in [4.78, 5) is 2.45. The number of nitrogens with zero attached hydrogens (tertiary/aromatic N) is 2. The molecule has 0 aliphatic carbocycles. The third kappa shape index (κ3) is 4.58. The Labute approximate surface area is 342 Å². The van der Waals surface area contributed by atoms with Gasteiger partial charge in [0.25, 0.3) is 0 Å². The number of hydrogen-bond acceptors (Lipinski definition) is 3. The van der Waals surface area contributed by atoms with Crippen molar-refractivity contribution in [3.63, 3.8) is 0 Å². The molecule has 4 heterocycles. The fourth-order valence-electron chi connectivity index (χ4n) is 9.57. The van der Waals surface area contributed by atoms with Crippen molar-refractivity contribution in [2.24, 2.45) is 0 Å². The van der Waals surface area contributed by atoms with Crippen LogP contribution >= 0.6 is 22.7 Å². The highest BCUT2D eigenvalue weighted by Crippen LogP contribution is 2.47. The van der Waals surface area contributed by atoms with E-state index in [-0.39, 0.29) is 0 Å². The van der Waals surface area contributed by atoms with Crippen LogP contribution in [0, 0.1) is 0 Å². The fourth-order valence-corrected chi connectivity index (χ4v) is 11.8. The summed E-state index contributed by atoms with van der Waals surface area (Å²) in [5.41, 5.74) is 12.0. The molecule has 0 N–H and O–H groups in total. The summed E-state index contributed by atoms with van der Waals surface area (Å²) in [5, 5.41) is 10.4. The van der Waals surface area contributed by atoms with Gasteiger partial charge in [0.05, 0.1) is 22.2 Å². The zero-order valence-electron chi connectivity index (χ0n) is 31.2. The number of thiophene rings is 2. The Hall–Kier alpha value is -6.98. The molecule has 0 saturated heterocycles. The quantitative estimate of drug-likeness (QED) is 0.169. The topological polar surface area (TPSA) is 7.65 Å². The Morgan fingerprint density at radius 1 is 0.345 bits per heavy atom. The Kier molecular flexibility index (Phi) is 6.79. The molecule has 0 aliphatic heterocycles. The number of rotatable bonds is 5. The van der Waals surface area contributed by atoms with Gasteiger partial charge >= 0.3 is 0 Å². The molecule has 13 aromatic rings. The van der Waals surface area contributed by atoms with Crippen molar-refractivity contribution in [3.8, 4) is 22.3 Å². The maximum Gasteiger partial charge on any atom is 0.0782 e. The van der Waals surface area contributed by atoms with E-state index in [1.54, 1.807) is 0 Å². The van der Waals surface area contributed by atoms with Crippen molar-refractivity contribution < 1.29 is 0 Å². The van der Waals surface area contributed by atoms with Gasteiger partial charge in [0.1, 0.15) is 0 Å². The lowest BCUT2D eigenvalue weighted by atomic mass is 9.99. The molecule has 0 saturated carbocycles. The number of hydrogen-bond donors (Lipinski definition) is 0. The first kappa shape index (κ1) is 32.1. The summed E-state index contributed by atoms with van der Waals surface area (Å²) in [5.74, 6) is 0. The Morgan fingerprint density at radius 3 is 1.67 bits per heavy atom. The highest BCUT2D eigenvalue weighted by atomic mass is 32.1. The van der Waals surface area contributed by atoms with Gasteiger partial charge < -0.3 is 9.30 Å². The highest BCUT2D eigenvalue weighted by Gasteiger charge is 2.23. The molecule has 0 atom stereocenters. The van der Waals surface area contributed by atoms with E-state index in [2.05, 4.69) is 203 Å². The summed E-state index contributed by atoms with van der Waals surface area (Å²) >= 11 is 3.73. The Bertz CT molecular complexity index is 3740. The van der Waals surface area contributed by atoms with Gasteiger partial charge in [-0.3, -0.25) is 0 Å². The van der Waals surface area contributed by atoms with Crippen LogP contribution in [-0.4, -0.2) is 4.40 Å². The molecule has 9 aromatic carbocycles.